The molecular formula is C25H24F6N6O2S. The van der Waals surface area contributed by atoms with Gasteiger partial charge in [0.2, 0.25) is 0 Å². The van der Waals surface area contributed by atoms with Crippen LogP contribution in [0.4, 0.5) is 32.0 Å². The summed E-state index contributed by atoms with van der Waals surface area (Å²) >= 11 is 0.977. The van der Waals surface area contributed by atoms with Crippen LogP contribution in [-0.4, -0.2) is 62.9 Å². The highest BCUT2D eigenvalue weighted by atomic mass is 32.1. The molecule has 1 saturated heterocycles. The number of aromatic nitrogens is 3. The van der Waals surface area contributed by atoms with E-state index < -0.39 is 30.5 Å². The molecule has 15 heteroatoms. The molecule has 8 nitrogen and oxygen atoms in total. The van der Waals surface area contributed by atoms with Gasteiger partial charge in [-0.1, -0.05) is 0 Å². The molecule has 4 rings (SSSR count). The minimum absolute atomic E-state index is 0.0360. The first-order valence-corrected chi connectivity index (χ1v) is 12.9. The average Bonchev–Trinajstić information content (AvgIpc) is 3.24. The van der Waals surface area contributed by atoms with Crippen LogP contribution in [0.2, 0.25) is 0 Å². The highest BCUT2D eigenvalue weighted by Crippen LogP contribution is 2.28. The Morgan fingerprint density at radius 2 is 1.70 bits per heavy atom. The van der Waals surface area contributed by atoms with Gasteiger partial charge in [0.1, 0.15) is 0 Å². The van der Waals surface area contributed by atoms with Crippen LogP contribution in [0.5, 0.6) is 0 Å². The van der Waals surface area contributed by atoms with E-state index in [2.05, 4.69) is 25.0 Å². The van der Waals surface area contributed by atoms with Crippen molar-refractivity contribution in [2.45, 2.75) is 44.6 Å². The van der Waals surface area contributed by atoms with Crippen LogP contribution in [0.15, 0.2) is 36.7 Å². The van der Waals surface area contributed by atoms with E-state index in [9.17, 15) is 35.9 Å². The Morgan fingerprint density at radius 1 is 1.02 bits per heavy atom. The van der Waals surface area contributed by atoms with Crippen molar-refractivity contribution in [2.75, 3.05) is 25.0 Å². The summed E-state index contributed by atoms with van der Waals surface area (Å²) in [4.78, 5) is 34.5. The molecule has 40 heavy (non-hydrogen) atoms. The molecule has 3 heterocycles. The number of hydrogen-bond donors (Lipinski definition) is 2. The van der Waals surface area contributed by atoms with Gasteiger partial charge in [-0.15, -0.1) is 0 Å². The highest BCUT2D eigenvalue weighted by Gasteiger charge is 2.34. The molecule has 2 aromatic heterocycles. The topological polar surface area (TPSA) is 100 Å². The van der Waals surface area contributed by atoms with Crippen molar-refractivity contribution in [3.8, 4) is 0 Å². The summed E-state index contributed by atoms with van der Waals surface area (Å²) in [5.41, 5.74) is 0.199. The maximum Gasteiger partial charge on any atom is 0.434 e. The number of hydrogen-bond acceptors (Lipinski definition) is 7. The van der Waals surface area contributed by atoms with Gasteiger partial charge in [0.25, 0.3) is 11.8 Å². The van der Waals surface area contributed by atoms with Crippen molar-refractivity contribution < 1.29 is 35.9 Å². The van der Waals surface area contributed by atoms with Gasteiger partial charge in [0.05, 0.1) is 29.7 Å². The lowest BCUT2D eigenvalue weighted by Crippen LogP contribution is -2.47. The van der Waals surface area contributed by atoms with E-state index in [0.29, 0.717) is 40.9 Å². The zero-order chi connectivity index (χ0) is 29.1. The number of anilines is 1. The molecule has 0 saturated carbocycles. The molecule has 214 valence electrons. The Bertz CT molecular complexity index is 1350. The van der Waals surface area contributed by atoms with Crippen molar-refractivity contribution >= 4 is 29.0 Å². The number of alkyl halides is 6. The molecule has 1 aromatic carbocycles. The van der Waals surface area contributed by atoms with Crippen LogP contribution >= 0.6 is 11.5 Å². The highest BCUT2D eigenvalue weighted by molar-refractivity contribution is 7.06. The van der Waals surface area contributed by atoms with E-state index in [1.54, 1.807) is 6.92 Å². The first-order chi connectivity index (χ1) is 18.8. The second-order valence-electron chi connectivity index (χ2n) is 9.31. The van der Waals surface area contributed by atoms with Gasteiger partial charge in [-0.25, -0.2) is 4.98 Å². The molecule has 0 atom stereocenters. The van der Waals surface area contributed by atoms with Crippen LogP contribution in [0.25, 0.3) is 0 Å². The normalized spacial score (nSPS) is 15.2. The second kappa shape index (κ2) is 11.9. The molecule has 0 aliphatic carbocycles. The molecule has 0 spiro atoms. The monoisotopic (exact) mass is 586 g/mol. The summed E-state index contributed by atoms with van der Waals surface area (Å²) in [5, 5.41) is 5.53. The third-order valence-corrected chi connectivity index (χ3v) is 7.14. The number of amides is 2. The number of aryl methyl sites for hydroxylation is 1. The molecule has 1 aliphatic heterocycles. The van der Waals surface area contributed by atoms with Crippen LogP contribution in [0, 0.1) is 6.92 Å². The third kappa shape index (κ3) is 7.75. The van der Waals surface area contributed by atoms with Gasteiger partial charge >= 0.3 is 12.4 Å². The number of rotatable bonds is 7. The van der Waals surface area contributed by atoms with Crippen molar-refractivity contribution in [2.24, 2.45) is 0 Å². The summed E-state index contributed by atoms with van der Waals surface area (Å²) in [6.45, 7) is 1.10. The summed E-state index contributed by atoms with van der Waals surface area (Å²) in [5.74, 6) is -0.904. The maximum absolute atomic E-state index is 13.0. The molecule has 2 amide bonds. The fraction of sp³-hybridized carbons (Fsp3) is 0.400. The van der Waals surface area contributed by atoms with Crippen molar-refractivity contribution in [1.29, 1.82) is 0 Å². The standard InChI is InChI=1S/C25H24F6N6O2S/c1-14-21(19(40-36-14)10-18-11-32-12-20(33-18)25(29,30)31)23(39)35-16-4-2-15(3-5-16)22(38)34-17-6-8-37(9-7-17)13-24(26,27)28/h2-5,11-12,17H,6-10,13H2,1H3,(H,34,38)(H,35,39). The fourth-order valence-corrected chi connectivity index (χ4v) is 5.16. The average molecular weight is 587 g/mol. The molecule has 1 aliphatic rings. The Hall–Kier alpha value is -3.59. The predicted octanol–water partition coefficient (Wildman–Crippen LogP) is 4.86. The summed E-state index contributed by atoms with van der Waals surface area (Å²) in [6, 6.07) is 5.80. The second-order valence-corrected chi connectivity index (χ2v) is 10.2. The molecule has 0 radical (unpaired) electrons. The first-order valence-electron chi connectivity index (χ1n) is 12.1. The molecule has 3 aromatic rings. The third-order valence-electron chi connectivity index (χ3n) is 6.21. The smallest absolute Gasteiger partial charge is 0.349 e. The first kappa shape index (κ1) is 29.4. The lowest BCUT2D eigenvalue weighted by molar-refractivity contribution is -0.148. The molecule has 2 N–H and O–H groups in total. The van der Waals surface area contributed by atoms with E-state index in [1.165, 1.54) is 35.4 Å². The van der Waals surface area contributed by atoms with Crippen LogP contribution in [0.1, 0.15) is 55.5 Å². The number of benzene rings is 1. The van der Waals surface area contributed by atoms with Crippen molar-refractivity contribution in [3.05, 3.63) is 69.7 Å². The number of nitrogens with zero attached hydrogens (tertiary/aromatic N) is 4. The predicted molar refractivity (Wildman–Crippen MR) is 134 cm³/mol. The number of halogens is 6. The minimum atomic E-state index is -4.65. The van der Waals surface area contributed by atoms with Crippen LogP contribution in [0.3, 0.4) is 0 Å². The Labute approximate surface area is 229 Å². The van der Waals surface area contributed by atoms with Crippen LogP contribution in [-0.2, 0) is 12.6 Å². The quantitative estimate of drug-likeness (QED) is 0.384. The van der Waals surface area contributed by atoms with Gasteiger partial charge < -0.3 is 10.6 Å². The largest absolute Gasteiger partial charge is 0.434 e. The van der Waals surface area contributed by atoms with E-state index >= 15 is 0 Å². The zero-order valence-electron chi connectivity index (χ0n) is 21.1. The number of carbonyl (C=O) groups is 2. The van der Waals surface area contributed by atoms with E-state index in [1.807, 2.05) is 0 Å². The Morgan fingerprint density at radius 3 is 2.33 bits per heavy atom. The van der Waals surface area contributed by atoms with E-state index in [4.69, 9.17) is 0 Å². The SMILES string of the molecule is Cc1nsc(Cc2cncc(C(F)(F)F)n2)c1C(=O)Nc1ccc(C(=O)NC2CCN(CC(F)(F)F)CC2)cc1. The summed E-state index contributed by atoms with van der Waals surface area (Å²) in [6.07, 6.45) is -6.35. The number of carbonyl (C=O) groups excluding carboxylic acids is 2. The van der Waals surface area contributed by atoms with Gasteiger partial charge in [-0.3, -0.25) is 19.5 Å². The van der Waals surface area contributed by atoms with Gasteiger partial charge in [0, 0.05) is 47.9 Å². The van der Waals surface area contributed by atoms with Gasteiger partial charge in [-0.05, 0) is 55.6 Å². The fourth-order valence-electron chi connectivity index (χ4n) is 4.28. The van der Waals surface area contributed by atoms with Crippen LogP contribution < -0.4 is 10.6 Å². The zero-order valence-corrected chi connectivity index (χ0v) is 21.9. The van der Waals surface area contributed by atoms with E-state index in [0.717, 1.165) is 11.5 Å². The lowest BCUT2D eigenvalue weighted by Gasteiger charge is -2.32. The van der Waals surface area contributed by atoms with Gasteiger partial charge in [-0.2, -0.15) is 30.7 Å². The number of piperidine rings is 1. The minimum Gasteiger partial charge on any atom is -0.349 e. The number of nitrogens with one attached hydrogen (secondary N) is 2. The van der Waals surface area contributed by atoms with Gasteiger partial charge in [0.15, 0.2) is 5.69 Å². The number of likely N-dealkylation sites (tertiary alicyclic amines) is 1. The molecule has 0 bridgehead atoms. The summed E-state index contributed by atoms with van der Waals surface area (Å²) in [7, 11) is 0. The molecule has 1 fully saturated rings. The summed E-state index contributed by atoms with van der Waals surface area (Å²) < 4.78 is 80.8. The van der Waals surface area contributed by atoms with Crippen molar-refractivity contribution in [1.82, 2.24) is 24.6 Å². The molecule has 0 unspecified atom stereocenters. The lowest BCUT2D eigenvalue weighted by atomic mass is 10.0. The maximum atomic E-state index is 13.0. The Kier molecular flexibility index (Phi) is 8.73. The van der Waals surface area contributed by atoms with Crippen molar-refractivity contribution in [3.63, 3.8) is 0 Å². The van der Waals surface area contributed by atoms with E-state index in [-0.39, 0.29) is 42.7 Å². The Balaban J connectivity index is 1.35. The molecular weight excluding hydrogens is 562 g/mol.